The molecule has 1 saturated carbocycles. The van der Waals surface area contributed by atoms with Gasteiger partial charge in [0.05, 0.1) is 14.3 Å². The molecule has 1 fully saturated rings. The monoisotopic (exact) mass is 449 g/mol. The van der Waals surface area contributed by atoms with Crippen molar-refractivity contribution in [3.05, 3.63) is 37.0 Å². The number of nitrogens with two attached hydrogens (primary N) is 1. The lowest BCUT2D eigenvalue weighted by Crippen LogP contribution is -2.04. The lowest BCUT2D eigenvalue weighted by Gasteiger charge is -2.09. The third kappa shape index (κ3) is 2.73. The van der Waals surface area contributed by atoms with Crippen LogP contribution in [0, 0.1) is 3.57 Å². The van der Waals surface area contributed by atoms with Gasteiger partial charge < -0.3 is 5.73 Å². The molecular formula is C13H10BrClIN3. The van der Waals surface area contributed by atoms with Crippen LogP contribution in [0.1, 0.15) is 24.5 Å². The van der Waals surface area contributed by atoms with Crippen LogP contribution in [-0.4, -0.2) is 9.97 Å². The maximum Gasteiger partial charge on any atom is 0.163 e. The van der Waals surface area contributed by atoms with Gasteiger partial charge in [-0.25, -0.2) is 9.97 Å². The Balaban J connectivity index is 2.14. The van der Waals surface area contributed by atoms with Gasteiger partial charge in [0.15, 0.2) is 5.82 Å². The number of benzene rings is 1. The Kier molecular flexibility index (Phi) is 3.70. The molecule has 3 nitrogen and oxygen atoms in total. The van der Waals surface area contributed by atoms with Crippen LogP contribution in [0.15, 0.2) is 22.7 Å². The Hall–Kier alpha value is -0.400. The van der Waals surface area contributed by atoms with Gasteiger partial charge in [-0.2, -0.15) is 0 Å². The molecule has 0 saturated heterocycles. The van der Waals surface area contributed by atoms with Crippen molar-refractivity contribution in [2.24, 2.45) is 0 Å². The predicted octanol–water partition coefficient (Wildman–Crippen LogP) is 4.62. The summed E-state index contributed by atoms with van der Waals surface area (Å²) in [7, 11) is 0. The highest BCUT2D eigenvalue weighted by Crippen LogP contribution is 2.43. The second-order valence-corrected chi connectivity index (χ2v) is 6.93. The van der Waals surface area contributed by atoms with Gasteiger partial charge >= 0.3 is 0 Å². The van der Waals surface area contributed by atoms with E-state index in [2.05, 4.69) is 48.5 Å². The van der Waals surface area contributed by atoms with Gasteiger partial charge in [-0.15, -0.1) is 0 Å². The predicted molar refractivity (Wildman–Crippen MR) is 89.3 cm³/mol. The standard InChI is InChI=1S/C13H10BrClIN3/c14-7-3-4-8(9(15)5-7)13-18-11(6-1-2-6)10(16)12(17)19-13/h3-6H,1-2H2,(H2,17,18,19). The number of hydrogen-bond acceptors (Lipinski definition) is 3. The molecule has 0 unspecified atom stereocenters. The first-order chi connectivity index (χ1) is 9.06. The zero-order valence-corrected chi connectivity index (χ0v) is 14.3. The molecule has 2 N–H and O–H groups in total. The Morgan fingerprint density at radius 2 is 2.05 bits per heavy atom. The van der Waals surface area contributed by atoms with Crippen LogP contribution >= 0.6 is 50.1 Å². The zero-order valence-electron chi connectivity index (χ0n) is 9.83. The maximum atomic E-state index is 6.25. The average Bonchev–Trinajstić information content (AvgIpc) is 3.17. The van der Waals surface area contributed by atoms with Gasteiger partial charge in [0.2, 0.25) is 0 Å². The Bertz CT molecular complexity index is 659. The molecule has 0 bridgehead atoms. The summed E-state index contributed by atoms with van der Waals surface area (Å²) in [5, 5.41) is 0.622. The molecule has 0 atom stereocenters. The second-order valence-electron chi connectivity index (χ2n) is 4.53. The van der Waals surface area contributed by atoms with E-state index >= 15 is 0 Å². The highest BCUT2D eigenvalue weighted by molar-refractivity contribution is 14.1. The first-order valence-corrected chi connectivity index (χ1v) is 8.09. The lowest BCUT2D eigenvalue weighted by molar-refractivity contribution is 0.983. The fourth-order valence-electron chi connectivity index (χ4n) is 1.90. The Labute approximate surface area is 138 Å². The fraction of sp³-hybridized carbons (Fsp3) is 0.231. The molecule has 1 aromatic carbocycles. The van der Waals surface area contributed by atoms with Crippen molar-refractivity contribution in [2.75, 3.05) is 5.73 Å². The van der Waals surface area contributed by atoms with E-state index < -0.39 is 0 Å². The first-order valence-electron chi connectivity index (χ1n) is 5.84. The quantitative estimate of drug-likeness (QED) is 0.679. The van der Waals surface area contributed by atoms with Crippen LogP contribution in [0.25, 0.3) is 11.4 Å². The number of hydrogen-bond donors (Lipinski definition) is 1. The van der Waals surface area contributed by atoms with E-state index in [1.165, 1.54) is 12.8 Å². The van der Waals surface area contributed by atoms with Gasteiger partial charge in [-0.3, -0.25) is 0 Å². The first kappa shape index (κ1) is 13.6. The summed E-state index contributed by atoms with van der Waals surface area (Å²) < 4.78 is 1.90. The molecule has 1 aliphatic carbocycles. The van der Waals surface area contributed by atoms with Crippen molar-refractivity contribution in [1.82, 2.24) is 9.97 Å². The fourth-order valence-corrected chi connectivity index (χ4v) is 3.34. The van der Waals surface area contributed by atoms with Crippen molar-refractivity contribution < 1.29 is 0 Å². The normalized spacial score (nSPS) is 14.7. The molecule has 1 aromatic heterocycles. The van der Waals surface area contributed by atoms with Crippen molar-refractivity contribution in [3.8, 4) is 11.4 Å². The summed E-state index contributed by atoms with van der Waals surface area (Å²) in [6.07, 6.45) is 2.36. The molecule has 3 rings (SSSR count). The Morgan fingerprint density at radius 3 is 2.68 bits per heavy atom. The van der Waals surface area contributed by atoms with Gasteiger partial charge in [0.1, 0.15) is 5.82 Å². The van der Waals surface area contributed by atoms with Crippen LogP contribution in [-0.2, 0) is 0 Å². The van der Waals surface area contributed by atoms with Crippen LogP contribution in [0.3, 0.4) is 0 Å². The summed E-state index contributed by atoms with van der Waals surface area (Å²) in [5.41, 5.74) is 7.87. The summed E-state index contributed by atoms with van der Waals surface area (Å²) in [4.78, 5) is 9.02. The van der Waals surface area contributed by atoms with Crippen LogP contribution in [0.4, 0.5) is 5.82 Å². The minimum Gasteiger partial charge on any atom is -0.383 e. The highest BCUT2D eigenvalue weighted by Gasteiger charge is 2.29. The number of nitrogen functional groups attached to an aromatic ring is 1. The minimum atomic E-state index is 0.533. The molecule has 1 aliphatic rings. The average molecular weight is 451 g/mol. The van der Waals surface area contributed by atoms with E-state index in [4.69, 9.17) is 17.3 Å². The van der Waals surface area contributed by atoms with Gasteiger partial charge in [0, 0.05) is 16.0 Å². The number of aromatic nitrogens is 2. The van der Waals surface area contributed by atoms with Gasteiger partial charge in [0.25, 0.3) is 0 Å². The van der Waals surface area contributed by atoms with Crippen molar-refractivity contribution in [2.45, 2.75) is 18.8 Å². The molecule has 1 heterocycles. The summed E-state index contributed by atoms with van der Waals surface area (Å²) in [6.45, 7) is 0. The highest BCUT2D eigenvalue weighted by atomic mass is 127. The second kappa shape index (κ2) is 5.18. The van der Waals surface area contributed by atoms with Gasteiger partial charge in [-0.05, 0) is 53.6 Å². The topological polar surface area (TPSA) is 51.8 Å². The molecule has 0 radical (unpaired) electrons. The van der Waals surface area contributed by atoms with E-state index in [1.54, 1.807) is 0 Å². The third-order valence-corrected chi connectivity index (χ3v) is 4.95. The molecular weight excluding hydrogens is 440 g/mol. The number of rotatable bonds is 2. The van der Waals surface area contributed by atoms with Crippen molar-refractivity contribution in [1.29, 1.82) is 0 Å². The summed E-state index contributed by atoms with van der Waals surface area (Å²) in [5.74, 6) is 1.67. The van der Waals surface area contributed by atoms with Crippen LogP contribution in [0.5, 0.6) is 0 Å². The van der Waals surface area contributed by atoms with E-state index in [1.807, 2.05) is 18.2 Å². The third-order valence-electron chi connectivity index (χ3n) is 3.04. The van der Waals surface area contributed by atoms with Crippen molar-refractivity contribution >= 4 is 55.9 Å². The molecule has 0 aliphatic heterocycles. The van der Waals surface area contributed by atoms with Crippen LogP contribution in [0.2, 0.25) is 5.02 Å². The van der Waals surface area contributed by atoms with E-state index in [0.29, 0.717) is 22.6 Å². The number of nitrogens with zero attached hydrogens (tertiary/aromatic N) is 2. The summed E-state index contributed by atoms with van der Waals surface area (Å²) >= 11 is 11.9. The van der Waals surface area contributed by atoms with E-state index in [0.717, 1.165) is 19.3 Å². The summed E-state index contributed by atoms with van der Waals surface area (Å²) in [6, 6.07) is 5.67. The van der Waals surface area contributed by atoms with E-state index in [-0.39, 0.29) is 0 Å². The minimum absolute atomic E-state index is 0.533. The Morgan fingerprint density at radius 1 is 1.32 bits per heavy atom. The van der Waals surface area contributed by atoms with Crippen LogP contribution < -0.4 is 5.73 Å². The number of halogens is 3. The molecule has 19 heavy (non-hydrogen) atoms. The van der Waals surface area contributed by atoms with Crippen molar-refractivity contribution in [3.63, 3.8) is 0 Å². The zero-order chi connectivity index (χ0) is 13.6. The SMILES string of the molecule is Nc1nc(-c2ccc(Br)cc2Cl)nc(C2CC2)c1I. The molecule has 0 amide bonds. The molecule has 0 spiro atoms. The largest absolute Gasteiger partial charge is 0.383 e. The maximum absolute atomic E-state index is 6.25. The number of anilines is 1. The molecule has 98 valence electrons. The smallest absolute Gasteiger partial charge is 0.163 e. The van der Waals surface area contributed by atoms with E-state index in [9.17, 15) is 0 Å². The lowest BCUT2D eigenvalue weighted by atomic mass is 10.2. The van der Waals surface area contributed by atoms with Gasteiger partial charge in [-0.1, -0.05) is 27.5 Å². The molecule has 6 heteroatoms. The molecule has 2 aromatic rings.